The molecule has 0 aliphatic heterocycles. The number of aliphatic hydroxyl groups excluding tert-OH is 1. The van der Waals surface area contributed by atoms with Crippen LogP contribution in [0.15, 0.2) is 157 Å². The number of halogens is 5. The minimum atomic E-state index is -0.818. The Labute approximate surface area is 666 Å². The number of rotatable bonds is 21. The summed E-state index contributed by atoms with van der Waals surface area (Å²) in [5.41, 5.74) is 38.1. The first kappa shape index (κ1) is 107. The number of aliphatic hydroxyl groups is 1. The van der Waals surface area contributed by atoms with Gasteiger partial charge in [-0.1, -0.05) is 149 Å². The van der Waals surface area contributed by atoms with E-state index >= 15 is 0 Å². The summed E-state index contributed by atoms with van der Waals surface area (Å²) in [7, 11) is 9.16. The van der Waals surface area contributed by atoms with Crippen molar-refractivity contribution in [2.24, 2.45) is 5.11 Å². The number of azide groups is 1. The van der Waals surface area contributed by atoms with Crippen molar-refractivity contribution in [3.63, 3.8) is 0 Å². The summed E-state index contributed by atoms with van der Waals surface area (Å²) < 4.78 is 92.8. The molecule has 0 aromatic heterocycles. The van der Waals surface area contributed by atoms with Crippen LogP contribution in [0, 0.1) is 49.3 Å². The van der Waals surface area contributed by atoms with Gasteiger partial charge in [0.1, 0.15) is 29.0 Å². The molecule has 0 spiro atoms. The van der Waals surface area contributed by atoms with Gasteiger partial charge in [-0.15, -0.1) is 0 Å². The molecule has 0 aliphatic rings. The molecule has 23 nitrogen and oxygen atoms in total. The Morgan fingerprint density at radius 1 is 0.491 bits per heavy atom. The molecule has 7 aromatic carbocycles. The van der Waals surface area contributed by atoms with E-state index in [4.69, 9.17) is 52.1 Å². The van der Waals surface area contributed by atoms with E-state index in [9.17, 15) is 51.8 Å². The van der Waals surface area contributed by atoms with Gasteiger partial charge >= 0.3 is 66.0 Å². The average Bonchev–Trinajstić information content (AvgIpc) is 0.828. The van der Waals surface area contributed by atoms with E-state index < -0.39 is 26.8 Å². The summed E-state index contributed by atoms with van der Waals surface area (Å²) in [6.07, 6.45) is 0.191. The van der Waals surface area contributed by atoms with Gasteiger partial charge in [0.25, 0.3) is 5.69 Å². The molecule has 5 N–H and O–H groups in total. The predicted octanol–water partition coefficient (Wildman–Crippen LogP) is 11.0. The number of nitrogen functional groups attached to an aromatic ring is 2. The van der Waals surface area contributed by atoms with Crippen LogP contribution in [-0.4, -0.2) is 120 Å². The third kappa shape index (κ3) is 38.1. The fourth-order valence-corrected chi connectivity index (χ4v) is 9.04. The van der Waals surface area contributed by atoms with E-state index in [1.54, 1.807) is 103 Å². The smallest absolute Gasteiger partial charge is 1.00 e. The second-order valence-electron chi connectivity index (χ2n) is 26.3. The van der Waals surface area contributed by atoms with E-state index in [-0.39, 0.29) is 161 Å². The molecule has 572 valence electrons. The number of nitrogens with zero attached hydrogens (tertiary/aromatic N) is 8. The van der Waals surface area contributed by atoms with Gasteiger partial charge in [0.2, 0.25) is 5.82 Å². The number of carbonyl (C=O) groups is 2. The summed E-state index contributed by atoms with van der Waals surface area (Å²) in [5.74, 6) is -2.52. The molecule has 31 heteroatoms. The van der Waals surface area contributed by atoms with Crippen molar-refractivity contribution in [1.29, 1.82) is 0 Å². The number of ether oxygens (including phenoxy) is 6. The van der Waals surface area contributed by atoms with Crippen LogP contribution in [-0.2, 0) is 76.9 Å². The first-order chi connectivity index (χ1) is 47.5. The summed E-state index contributed by atoms with van der Waals surface area (Å²) in [5, 5.41) is 33.8. The molecule has 0 bridgehead atoms. The molecule has 0 unspecified atom stereocenters. The Morgan fingerprint density at radius 2 is 0.802 bits per heavy atom. The molecule has 0 atom stereocenters. The van der Waals surface area contributed by atoms with E-state index in [0.29, 0.717) is 43.4 Å². The maximum atomic E-state index is 13.1. The summed E-state index contributed by atoms with van der Waals surface area (Å²) in [4.78, 5) is 46.5. The Bertz CT molecular complexity index is 3850. The number of hydrogen-bond acceptors (Lipinski definition) is 16. The number of methoxy groups -OCH3 is 6. The van der Waals surface area contributed by atoms with Crippen LogP contribution in [0.2, 0.25) is 0 Å². The first-order valence-corrected chi connectivity index (χ1v) is 31.2. The van der Waals surface area contributed by atoms with Crippen molar-refractivity contribution in [3.8, 4) is 0 Å². The molecule has 7 rings (SSSR count). The molecule has 0 heterocycles. The van der Waals surface area contributed by atoms with Crippen LogP contribution in [0.5, 0.6) is 0 Å². The number of nitro benzene ring substituents is 2. The average molecular weight is 1510 g/mol. The van der Waals surface area contributed by atoms with Crippen LogP contribution >= 0.6 is 0 Å². The van der Waals surface area contributed by atoms with Gasteiger partial charge in [0.15, 0.2) is 17.4 Å². The van der Waals surface area contributed by atoms with E-state index in [0.717, 1.165) is 39.4 Å². The number of nitrogens with two attached hydrogens (primary N) is 2. The molecule has 0 saturated heterocycles. The first-order valence-electron chi connectivity index (χ1n) is 31.2. The third-order valence-corrected chi connectivity index (χ3v) is 15.3. The van der Waals surface area contributed by atoms with Crippen molar-refractivity contribution >= 4 is 57.7 Å². The maximum Gasteiger partial charge on any atom is 1.00 e. The van der Waals surface area contributed by atoms with Crippen LogP contribution in [0.3, 0.4) is 0 Å². The van der Waals surface area contributed by atoms with E-state index in [1.807, 2.05) is 59.7 Å². The molecule has 106 heavy (non-hydrogen) atoms. The van der Waals surface area contributed by atoms with Crippen LogP contribution < -0.4 is 59.9 Å². The summed E-state index contributed by atoms with van der Waals surface area (Å²) in [6.45, 7) is 25.5. The van der Waals surface area contributed by atoms with Crippen molar-refractivity contribution < 1.29 is 125 Å². The van der Waals surface area contributed by atoms with Crippen molar-refractivity contribution in [2.45, 2.75) is 129 Å². The molecular weight excluding hydrogens is 1400 g/mol. The minimum absolute atomic E-state index is 0. The normalized spacial score (nSPS) is 10.5. The van der Waals surface area contributed by atoms with Gasteiger partial charge in [-0.25, -0.2) is 17.6 Å². The second kappa shape index (κ2) is 52.2. The van der Waals surface area contributed by atoms with Crippen molar-refractivity contribution in [1.82, 2.24) is 0 Å². The summed E-state index contributed by atoms with van der Waals surface area (Å²) >= 11 is 0. The quantitative estimate of drug-likeness (QED) is 0.00693. The SMILES string of the molecule is C.CC(C)(CO)c1ccc(F)cc1.COC(=O)C(C)(C)c1ccc(F)cc1.COC(=O)Cc1ccc(F)cc1.COCC(C)(C)c1ccc(F)c([N+](=O)[O-])c1.COCC(C)(C)c1ccc(F)cc1.COCC(C)(C)c1ccc(N)c(N)c1.COCC(C)(C)c1ccc(N=[N+]=[N-])c([N+](=O)[O-])c1.[AlH3].[H-].[Li+].[N-]=[N+]=[N-].[Na+]. The maximum absolute atomic E-state index is 13.1. The van der Waals surface area contributed by atoms with Crippen molar-refractivity contribution in [3.05, 3.63) is 266 Å². The number of nitro groups is 2. The van der Waals surface area contributed by atoms with Gasteiger partial charge in [-0.05, 0) is 131 Å². The largest absolute Gasteiger partial charge is 1.00 e. The molecule has 7 aromatic rings. The Balaban J connectivity index is -0.000000275. The topological polar surface area (TPSA) is 356 Å². The molecule has 0 fully saturated rings. The molecule has 0 aliphatic carbocycles. The monoisotopic (exact) mass is 1500 g/mol. The Kier molecular flexibility index (Phi) is 52.5. The number of benzene rings is 7. The van der Waals surface area contributed by atoms with E-state index in [2.05, 4.69) is 47.2 Å². The fraction of sp³-hybridized carbons (Fsp3) is 0.413. The zero-order valence-corrected chi connectivity index (χ0v) is 65.1. The number of carbonyl (C=O) groups excluding carboxylic acids is 2. The zero-order valence-electron chi connectivity index (χ0n) is 64.1. The van der Waals surface area contributed by atoms with Gasteiger partial charge in [-0.3, -0.25) is 34.7 Å². The van der Waals surface area contributed by atoms with E-state index in [1.165, 1.54) is 85.9 Å². The number of anilines is 2. The zero-order chi connectivity index (χ0) is 78.4. The standard InChI is InChI=1S/C11H14FNO3.C11H13FO2.C11H15FO.C11H14N4O3.C11H18N2O.C10H13FO.C9H9FO2.CH4.Al.Li.N3.Na.4H/c1-11(2,7-16-3)8-4-5-9(12)10(6-8)13(14)15;1-11(2,10(13)14-3)8-4-6-9(12)7-5-8;1-11(2,8-13-3)9-4-6-10(12)7-5-9;1-11(2,7-18-3)8-4-5-9(13-14-12)10(6-8)15(16)17;1-11(2,7-14-3)8-4-5-9(12)10(13)6-8;1-10(2,7-12)8-3-5-9(11)6-4-8;1-12-9(11)6-7-2-4-8(10)5-3-7;;;;1-3-2;;;;;/h4-6H,7H2,1-3H3;4-7H,1-3H3;4-7H,8H2,1-3H3;4-6H,7H2,1-3H3;4-6H,7,12-13H2,1-3H3;3-6,12H,7H2,1-2H3;2-5H,6H2,1H3;1H4;;;;;;;;/q;;;;;;;;;+1;-1;+1;;;;-1. The minimum Gasteiger partial charge on any atom is -1.00 e. The van der Waals surface area contributed by atoms with Crippen LogP contribution in [0.4, 0.5) is 50.4 Å². The number of hydrogen-bond donors (Lipinski definition) is 3. The Morgan fingerprint density at radius 3 is 1.13 bits per heavy atom. The fourth-order valence-electron chi connectivity index (χ4n) is 9.04. The van der Waals surface area contributed by atoms with Gasteiger partial charge < -0.3 is 57.5 Å². The molecular formula is C75H104AlF5LiN10NaO13. The summed E-state index contributed by atoms with van der Waals surface area (Å²) in [6, 6.07) is 38.6. The predicted molar refractivity (Wildman–Crippen MR) is 404 cm³/mol. The van der Waals surface area contributed by atoms with Gasteiger partial charge in [-0.2, -0.15) is 4.39 Å². The third-order valence-electron chi connectivity index (χ3n) is 15.3. The van der Waals surface area contributed by atoms with Crippen LogP contribution in [0.25, 0.3) is 26.4 Å². The van der Waals surface area contributed by atoms with Gasteiger partial charge in [0.05, 0.1) is 80.3 Å². The second-order valence-corrected chi connectivity index (χ2v) is 26.3. The van der Waals surface area contributed by atoms with Crippen molar-refractivity contribution in [2.75, 3.05) is 87.2 Å². The van der Waals surface area contributed by atoms with Gasteiger partial charge in [0, 0.05) is 72.6 Å². The molecule has 0 saturated carbocycles. The Hall–Kier alpha value is -7.92. The van der Waals surface area contributed by atoms with Crippen LogP contribution in [0.1, 0.15) is 131 Å². The number of esters is 2. The molecule has 0 radical (unpaired) electrons. The molecule has 0 amide bonds.